The molecule has 0 atom stereocenters. The van der Waals surface area contributed by atoms with Crippen molar-refractivity contribution in [1.82, 2.24) is 5.32 Å². The maximum absolute atomic E-state index is 13.1. The van der Waals surface area contributed by atoms with Gasteiger partial charge >= 0.3 is 0 Å². The van der Waals surface area contributed by atoms with Gasteiger partial charge < -0.3 is 10.6 Å². The molecule has 0 saturated heterocycles. The van der Waals surface area contributed by atoms with Gasteiger partial charge in [-0.05, 0) is 35.9 Å². The Hall–Kier alpha value is -2.07. The first-order chi connectivity index (χ1) is 9.60. The van der Waals surface area contributed by atoms with Gasteiger partial charge in [-0.15, -0.1) is 0 Å². The molecule has 2 aromatic rings. The van der Waals surface area contributed by atoms with Crippen molar-refractivity contribution in [3.8, 4) is 0 Å². The van der Waals surface area contributed by atoms with E-state index in [0.29, 0.717) is 17.1 Å². The summed E-state index contributed by atoms with van der Waals surface area (Å²) in [4.78, 5) is 11.6. The van der Waals surface area contributed by atoms with E-state index in [1.807, 2.05) is 6.07 Å². The Balaban J connectivity index is 2.12. The van der Waals surface area contributed by atoms with Crippen molar-refractivity contribution >= 4 is 23.2 Å². The van der Waals surface area contributed by atoms with Crippen LogP contribution in [0.4, 0.5) is 10.1 Å². The topological polar surface area (TPSA) is 41.1 Å². The van der Waals surface area contributed by atoms with E-state index in [9.17, 15) is 9.18 Å². The Morgan fingerprint density at radius 1 is 1.25 bits per heavy atom. The van der Waals surface area contributed by atoms with E-state index in [0.717, 1.165) is 11.3 Å². The van der Waals surface area contributed by atoms with Gasteiger partial charge in [-0.25, -0.2) is 4.39 Å². The van der Waals surface area contributed by atoms with E-state index in [1.165, 1.54) is 12.1 Å². The zero-order valence-electron chi connectivity index (χ0n) is 10.9. The Bertz CT molecular complexity index is 631. The number of carbonyl (C=O) groups is 1. The van der Waals surface area contributed by atoms with Crippen LogP contribution in [0.3, 0.4) is 0 Å². The molecule has 2 N–H and O–H groups in total. The van der Waals surface area contributed by atoms with Crippen LogP contribution in [0, 0.1) is 5.82 Å². The number of anilines is 1. The predicted molar refractivity (Wildman–Crippen MR) is 78.6 cm³/mol. The summed E-state index contributed by atoms with van der Waals surface area (Å²) in [6.45, 7) is 0.465. The van der Waals surface area contributed by atoms with Crippen molar-refractivity contribution in [3.63, 3.8) is 0 Å². The number of carbonyl (C=O) groups excluding carboxylic acids is 1. The molecule has 20 heavy (non-hydrogen) atoms. The van der Waals surface area contributed by atoms with Gasteiger partial charge in [0.2, 0.25) is 0 Å². The Labute approximate surface area is 121 Å². The van der Waals surface area contributed by atoms with Crippen LogP contribution in [0.5, 0.6) is 0 Å². The largest absolute Gasteiger partial charge is 0.381 e. The lowest BCUT2D eigenvalue weighted by Crippen LogP contribution is -2.18. The predicted octanol–water partition coefficient (Wildman–Crippen LogP) is 3.45. The van der Waals surface area contributed by atoms with Crippen LogP contribution in [0.2, 0.25) is 5.02 Å². The highest BCUT2D eigenvalue weighted by Gasteiger charge is 2.09. The van der Waals surface area contributed by atoms with Gasteiger partial charge in [-0.3, -0.25) is 4.79 Å². The summed E-state index contributed by atoms with van der Waals surface area (Å²) in [5.74, 6) is -0.518. The number of hydrogen-bond acceptors (Lipinski definition) is 2. The van der Waals surface area contributed by atoms with Crippen LogP contribution in [-0.2, 0) is 6.54 Å². The first-order valence-electron chi connectivity index (χ1n) is 6.10. The standard InChI is InChI=1S/C15H14ClFN2O/c1-18-15(20)13-8-12(5-6-14(13)16)19-9-10-3-2-4-11(17)7-10/h2-8,19H,9H2,1H3,(H,18,20). The normalized spacial score (nSPS) is 10.2. The van der Waals surface area contributed by atoms with Gasteiger partial charge in [0.05, 0.1) is 10.6 Å². The SMILES string of the molecule is CNC(=O)c1cc(NCc2cccc(F)c2)ccc1Cl. The fourth-order valence-electron chi connectivity index (χ4n) is 1.79. The summed E-state index contributed by atoms with van der Waals surface area (Å²) >= 11 is 5.97. The first-order valence-corrected chi connectivity index (χ1v) is 6.48. The zero-order chi connectivity index (χ0) is 14.5. The number of rotatable bonds is 4. The van der Waals surface area contributed by atoms with Crippen LogP contribution in [0.15, 0.2) is 42.5 Å². The fourth-order valence-corrected chi connectivity index (χ4v) is 2.00. The van der Waals surface area contributed by atoms with E-state index in [1.54, 1.807) is 31.3 Å². The molecule has 2 aromatic carbocycles. The van der Waals surface area contributed by atoms with Crippen LogP contribution in [-0.4, -0.2) is 13.0 Å². The molecule has 0 aromatic heterocycles. The zero-order valence-corrected chi connectivity index (χ0v) is 11.7. The Morgan fingerprint density at radius 2 is 2.05 bits per heavy atom. The van der Waals surface area contributed by atoms with Crippen molar-refractivity contribution in [2.24, 2.45) is 0 Å². The molecule has 104 valence electrons. The maximum Gasteiger partial charge on any atom is 0.252 e. The molecule has 0 aliphatic rings. The van der Waals surface area contributed by atoms with Crippen LogP contribution in [0.1, 0.15) is 15.9 Å². The second kappa shape index (κ2) is 6.39. The fraction of sp³-hybridized carbons (Fsp3) is 0.133. The second-order valence-corrected chi connectivity index (χ2v) is 4.66. The molecule has 0 aliphatic carbocycles. The molecule has 0 heterocycles. The average Bonchev–Trinajstić information content (AvgIpc) is 2.45. The summed E-state index contributed by atoms with van der Waals surface area (Å²) in [6.07, 6.45) is 0. The van der Waals surface area contributed by atoms with E-state index >= 15 is 0 Å². The van der Waals surface area contributed by atoms with Crippen molar-refractivity contribution < 1.29 is 9.18 Å². The summed E-state index contributed by atoms with van der Waals surface area (Å²) in [5.41, 5.74) is 1.97. The van der Waals surface area contributed by atoms with Crippen molar-refractivity contribution in [1.29, 1.82) is 0 Å². The van der Waals surface area contributed by atoms with Gasteiger partial charge in [0, 0.05) is 19.3 Å². The summed E-state index contributed by atoms with van der Waals surface area (Å²) in [5, 5.41) is 6.05. The minimum atomic E-state index is -0.272. The van der Waals surface area contributed by atoms with Gasteiger partial charge in [-0.2, -0.15) is 0 Å². The Kier molecular flexibility index (Phi) is 4.58. The molecule has 3 nitrogen and oxygen atoms in total. The third-order valence-corrected chi connectivity index (χ3v) is 3.15. The molecule has 5 heteroatoms. The van der Waals surface area contributed by atoms with E-state index in [4.69, 9.17) is 11.6 Å². The average molecular weight is 293 g/mol. The third kappa shape index (κ3) is 3.48. The van der Waals surface area contributed by atoms with E-state index < -0.39 is 0 Å². The molecule has 0 fully saturated rings. The Morgan fingerprint density at radius 3 is 2.75 bits per heavy atom. The summed E-state index contributed by atoms with van der Waals surface area (Å²) < 4.78 is 13.1. The van der Waals surface area contributed by atoms with Crippen molar-refractivity contribution in [2.45, 2.75) is 6.54 Å². The molecule has 0 saturated carbocycles. The molecule has 0 unspecified atom stereocenters. The minimum Gasteiger partial charge on any atom is -0.381 e. The van der Waals surface area contributed by atoms with Crippen LogP contribution < -0.4 is 10.6 Å². The number of halogens is 2. The number of amides is 1. The molecule has 0 bridgehead atoms. The van der Waals surface area contributed by atoms with E-state index in [-0.39, 0.29) is 11.7 Å². The minimum absolute atomic E-state index is 0.246. The lowest BCUT2D eigenvalue weighted by atomic mass is 10.1. The maximum atomic E-state index is 13.1. The van der Waals surface area contributed by atoms with Crippen LogP contribution in [0.25, 0.3) is 0 Å². The lowest BCUT2D eigenvalue weighted by Gasteiger charge is -2.09. The highest BCUT2D eigenvalue weighted by atomic mass is 35.5. The highest BCUT2D eigenvalue weighted by molar-refractivity contribution is 6.34. The quantitative estimate of drug-likeness (QED) is 0.906. The van der Waals surface area contributed by atoms with Gasteiger partial charge in [0.1, 0.15) is 5.82 Å². The summed E-state index contributed by atoms with van der Waals surface area (Å²) in [6, 6.07) is 11.4. The monoisotopic (exact) mass is 292 g/mol. The third-order valence-electron chi connectivity index (χ3n) is 2.82. The molecular formula is C15H14ClFN2O. The van der Waals surface area contributed by atoms with Gasteiger partial charge in [0.25, 0.3) is 5.91 Å². The number of benzene rings is 2. The van der Waals surface area contributed by atoms with Crippen molar-refractivity contribution in [2.75, 3.05) is 12.4 Å². The molecule has 0 aliphatic heterocycles. The highest BCUT2D eigenvalue weighted by Crippen LogP contribution is 2.21. The van der Waals surface area contributed by atoms with E-state index in [2.05, 4.69) is 10.6 Å². The second-order valence-electron chi connectivity index (χ2n) is 4.26. The molecule has 0 spiro atoms. The number of hydrogen-bond donors (Lipinski definition) is 2. The van der Waals surface area contributed by atoms with Gasteiger partial charge in [0.15, 0.2) is 0 Å². The van der Waals surface area contributed by atoms with Crippen molar-refractivity contribution in [3.05, 3.63) is 64.4 Å². The summed E-state index contributed by atoms with van der Waals surface area (Å²) in [7, 11) is 1.55. The molecule has 1 amide bonds. The number of nitrogens with one attached hydrogen (secondary N) is 2. The van der Waals surface area contributed by atoms with Crippen LogP contribution >= 0.6 is 11.6 Å². The lowest BCUT2D eigenvalue weighted by molar-refractivity contribution is 0.0963. The van der Waals surface area contributed by atoms with Gasteiger partial charge in [-0.1, -0.05) is 23.7 Å². The first kappa shape index (κ1) is 14.3. The smallest absolute Gasteiger partial charge is 0.252 e. The molecule has 2 rings (SSSR count). The molecule has 0 radical (unpaired) electrons. The molecular weight excluding hydrogens is 279 g/mol.